The lowest BCUT2D eigenvalue weighted by atomic mass is 10.1. The molecular weight excluding hydrogens is 332 g/mol. The molecule has 0 aliphatic heterocycles. The van der Waals surface area contributed by atoms with Crippen molar-refractivity contribution in [3.05, 3.63) is 53.6 Å². The van der Waals surface area contributed by atoms with Gasteiger partial charge in [-0.3, -0.25) is 4.79 Å². The number of hydrogen-bond donors (Lipinski definition) is 1. The minimum atomic E-state index is 0.0238. The highest BCUT2D eigenvalue weighted by Crippen LogP contribution is 2.43. The van der Waals surface area contributed by atoms with Crippen molar-refractivity contribution in [2.45, 2.75) is 4.90 Å². The van der Waals surface area contributed by atoms with Crippen molar-refractivity contribution in [1.82, 2.24) is 9.88 Å². The maximum Gasteiger partial charge on any atom is 0.197 e. The number of carbonyl (C=O) groups excluding carboxylic acids is 1. The van der Waals surface area contributed by atoms with Gasteiger partial charge in [-0.15, -0.1) is 11.8 Å². The lowest BCUT2D eigenvalue weighted by Crippen LogP contribution is -2.15. The summed E-state index contributed by atoms with van der Waals surface area (Å²) in [5.74, 6) is 1.07. The molecule has 1 aromatic heterocycles. The zero-order valence-corrected chi connectivity index (χ0v) is 14.9. The van der Waals surface area contributed by atoms with Crippen LogP contribution in [0.3, 0.4) is 0 Å². The van der Waals surface area contributed by atoms with Gasteiger partial charge < -0.3 is 10.0 Å². The summed E-state index contributed by atoms with van der Waals surface area (Å²) < 4.78 is 0. The fraction of sp³-hybridized carbons (Fsp3) is 0.200. The first-order valence-corrected chi connectivity index (χ1v) is 9.13. The number of aromatic nitrogens is 1. The molecule has 1 aliphatic carbocycles. The second kappa shape index (κ2) is 6.17. The highest BCUT2D eigenvalue weighted by atomic mass is 32.2. The van der Waals surface area contributed by atoms with E-state index in [0.717, 1.165) is 39.4 Å². The van der Waals surface area contributed by atoms with E-state index in [2.05, 4.69) is 4.90 Å². The molecule has 5 heteroatoms. The molecule has 4 rings (SSSR count). The Hall–Kier alpha value is -2.37. The normalized spacial score (nSPS) is 12.7. The SMILES string of the molecule is CN(C)CCSc1c2c(nc3ccc(O)cc13)-c1ccccc1C2=O. The number of hydrogen-bond acceptors (Lipinski definition) is 5. The Kier molecular flexibility index (Phi) is 3.98. The molecule has 1 N–H and O–H groups in total. The maximum atomic E-state index is 13.0. The molecule has 4 nitrogen and oxygen atoms in total. The number of rotatable bonds is 4. The van der Waals surface area contributed by atoms with Crippen LogP contribution in [0.1, 0.15) is 15.9 Å². The van der Waals surface area contributed by atoms with Crippen molar-refractivity contribution < 1.29 is 9.90 Å². The minimum Gasteiger partial charge on any atom is -0.508 e. The first-order chi connectivity index (χ1) is 12.1. The second-order valence-corrected chi connectivity index (χ2v) is 7.50. The number of phenols is 1. The van der Waals surface area contributed by atoms with Crippen molar-refractivity contribution in [2.75, 3.05) is 26.4 Å². The Morgan fingerprint density at radius 2 is 1.88 bits per heavy atom. The first-order valence-electron chi connectivity index (χ1n) is 8.14. The third kappa shape index (κ3) is 2.69. The van der Waals surface area contributed by atoms with Gasteiger partial charge in [-0.1, -0.05) is 24.3 Å². The van der Waals surface area contributed by atoms with Gasteiger partial charge in [-0.05, 0) is 32.3 Å². The molecule has 0 radical (unpaired) electrons. The number of thioether (sulfide) groups is 1. The Labute approximate surface area is 150 Å². The number of aromatic hydroxyl groups is 1. The van der Waals surface area contributed by atoms with Gasteiger partial charge in [0, 0.05) is 33.7 Å². The predicted octanol–water partition coefficient (Wildman–Crippen LogP) is 3.81. The number of pyridine rings is 1. The third-order valence-corrected chi connectivity index (χ3v) is 5.46. The van der Waals surface area contributed by atoms with Crippen LogP contribution in [-0.2, 0) is 0 Å². The van der Waals surface area contributed by atoms with Crippen molar-refractivity contribution in [3.63, 3.8) is 0 Å². The topological polar surface area (TPSA) is 53.4 Å². The number of benzene rings is 2. The van der Waals surface area contributed by atoms with Gasteiger partial charge in [0.25, 0.3) is 0 Å². The van der Waals surface area contributed by atoms with Crippen molar-refractivity contribution in [3.8, 4) is 17.0 Å². The lowest BCUT2D eigenvalue weighted by Gasteiger charge is -2.13. The highest BCUT2D eigenvalue weighted by Gasteiger charge is 2.31. The molecule has 0 saturated heterocycles. The fourth-order valence-electron chi connectivity index (χ4n) is 3.13. The minimum absolute atomic E-state index is 0.0238. The van der Waals surface area contributed by atoms with E-state index < -0.39 is 0 Å². The highest BCUT2D eigenvalue weighted by molar-refractivity contribution is 7.99. The summed E-state index contributed by atoms with van der Waals surface area (Å²) in [6, 6.07) is 12.8. The van der Waals surface area contributed by atoms with E-state index in [9.17, 15) is 9.90 Å². The zero-order chi connectivity index (χ0) is 17.6. The van der Waals surface area contributed by atoms with Gasteiger partial charge in [0.2, 0.25) is 0 Å². The Morgan fingerprint density at radius 3 is 2.64 bits per heavy atom. The van der Waals surface area contributed by atoms with Crippen LogP contribution < -0.4 is 0 Å². The molecule has 3 aromatic rings. The molecule has 0 amide bonds. The van der Waals surface area contributed by atoms with E-state index in [0.29, 0.717) is 11.1 Å². The van der Waals surface area contributed by atoms with Crippen molar-refractivity contribution in [1.29, 1.82) is 0 Å². The quantitative estimate of drug-likeness (QED) is 0.567. The van der Waals surface area contributed by atoms with E-state index in [1.54, 1.807) is 23.9 Å². The van der Waals surface area contributed by atoms with Crippen LogP contribution >= 0.6 is 11.8 Å². The van der Waals surface area contributed by atoms with Crippen LogP contribution in [0.2, 0.25) is 0 Å². The summed E-state index contributed by atoms with van der Waals surface area (Å²) in [5, 5.41) is 10.8. The molecular formula is C20H18N2O2S. The van der Waals surface area contributed by atoms with Crippen LogP contribution in [-0.4, -0.2) is 47.2 Å². The molecule has 0 bridgehead atoms. The Balaban J connectivity index is 1.94. The first kappa shape index (κ1) is 16.1. The van der Waals surface area contributed by atoms with Gasteiger partial charge in [-0.2, -0.15) is 0 Å². The van der Waals surface area contributed by atoms with E-state index in [4.69, 9.17) is 4.98 Å². The van der Waals surface area contributed by atoms with E-state index in [1.807, 2.05) is 44.4 Å². The monoisotopic (exact) mass is 350 g/mol. The summed E-state index contributed by atoms with van der Waals surface area (Å²) in [6.45, 7) is 0.906. The van der Waals surface area contributed by atoms with E-state index in [1.165, 1.54) is 0 Å². The van der Waals surface area contributed by atoms with Crippen molar-refractivity contribution >= 4 is 28.4 Å². The molecule has 25 heavy (non-hydrogen) atoms. The maximum absolute atomic E-state index is 13.0. The molecule has 0 spiro atoms. The number of phenolic OH excluding ortho intramolecular Hbond substituents is 1. The number of nitrogens with zero attached hydrogens (tertiary/aromatic N) is 2. The summed E-state index contributed by atoms with van der Waals surface area (Å²) in [7, 11) is 4.06. The molecule has 0 fully saturated rings. The molecule has 0 atom stereocenters. The molecule has 0 saturated carbocycles. The lowest BCUT2D eigenvalue weighted by molar-refractivity contribution is 0.104. The van der Waals surface area contributed by atoms with Crippen LogP contribution in [0.25, 0.3) is 22.2 Å². The van der Waals surface area contributed by atoms with Gasteiger partial charge in [0.15, 0.2) is 5.78 Å². The largest absolute Gasteiger partial charge is 0.508 e. The summed E-state index contributed by atoms with van der Waals surface area (Å²) >= 11 is 1.65. The average molecular weight is 350 g/mol. The Morgan fingerprint density at radius 1 is 1.12 bits per heavy atom. The van der Waals surface area contributed by atoms with Gasteiger partial charge in [-0.25, -0.2) is 4.98 Å². The zero-order valence-electron chi connectivity index (χ0n) is 14.1. The fourth-order valence-corrected chi connectivity index (χ4v) is 4.44. The van der Waals surface area contributed by atoms with Gasteiger partial charge >= 0.3 is 0 Å². The number of carbonyl (C=O) groups is 1. The van der Waals surface area contributed by atoms with Gasteiger partial charge in [0.05, 0.1) is 16.8 Å². The molecule has 1 aliphatic rings. The molecule has 1 heterocycles. The third-order valence-electron chi connectivity index (χ3n) is 4.36. The van der Waals surface area contributed by atoms with Crippen LogP contribution in [0, 0.1) is 0 Å². The van der Waals surface area contributed by atoms with Crippen LogP contribution in [0.5, 0.6) is 5.75 Å². The molecule has 126 valence electrons. The summed E-state index contributed by atoms with van der Waals surface area (Å²) in [4.78, 5) is 20.8. The van der Waals surface area contributed by atoms with Crippen LogP contribution in [0.4, 0.5) is 0 Å². The number of ketones is 1. The predicted molar refractivity (Wildman–Crippen MR) is 102 cm³/mol. The molecule has 0 unspecified atom stereocenters. The smallest absolute Gasteiger partial charge is 0.197 e. The van der Waals surface area contributed by atoms with Crippen LogP contribution in [0.15, 0.2) is 47.4 Å². The van der Waals surface area contributed by atoms with E-state index >= 15 is 0 Å². The standard InChI is InChI=1S/C20H18N2O2S/c1-22(2)9-10-25-20-15-11-12(23)7-8-16(15)21-18-13-5-3-4-6-14(13)19(24)17(18)20/h3-8,11,23H,9-10H2,1-2H3. The summed E-state index contributed by atoms with van der Waals surface area (Å²) in [5.41, 5.74) is 3.83. The number of fused-ring (bicyclic) bond motifs is 4. The van der Waals surface area contributed by atoms with E-state index in [-0.39, 0.29) is 11.5 Å². The second-order valence-electron chi connectivity index (χ2n) is 6.39. The van der Waals surface area contributed by atoms with Gasteiger partial charge in [0.1, 0.15) is 5.75 Å². The molecule has 2 aromatic carbocycles. The summed E-state index contributed by atoms with van der Waals surface area (Å²) in [6.07, 6.45) is 0. The van der Waals surface area contributed by atoms with Crippen molar-refractivity contribution in [2.24, 2.45) is 0 Å². The average Bonchev–Trinajstić information content (AvgIpc) is 2.87. The Bertz CT molecular complexity index is 998.